The van der Waals surface area contributed by atoms with Crippen molar-refractivity contribution in [2.75, 3.05) is 64.5 Å². The summed E-state index contributed by atoms with van der Waals surface area (Å²) in [5.74, 6) is 2.40. The SMILES string of the molecule is CN=C(NCc1ccnc(N2CCOC(C)C2)c1)NCC(C(C)C)N1CCOCC1.I. The third-order valence-electron chi connectivity index (χ3n) is 5.82. The van der Waals surface area contributed by atoms with Crippen molar-refractivity contribution in [3.63, 3.8) is 0 Å². The third kappa shape index (κ3) is 8.03. The Morgan fingerprint density at radius 1 is 1.23 bits per heavy atom. The number of nitrogens with zero attached hydrogens (tertiary/aromatic N) is 4. The van der Waals surface area contributed by atoms with E-state index in [9.17, 15) is 0 Å². The first-order valence-electron chi connectivity index (χ1n) is 11.1. The highest BCUT2D eigenvalue weighted by Gasteiger charge is 2.24. The van der Waals surface area contributed by atoms with Crippen LogP contribution < -0.4 is 15.5 Å². The Kier molecular flexibility index (Phi) is 11.3. The fraction of sp³-hybridized carbons (Fsp3) is 0.727. The Morgan fingerprint density at radius 3 is 2.68 bits per heavy atom. The molecule has 3 rings (SSSR count). The number of hydrogen-bond donors (Lipinski definition) is 2. The predicted molar refractivity (Wildman–Crippen MR) is 136 cm³/mol. The topological polar surface area (TPSA) is 74.2 Å². The molecule has 0 amide bonds. The minimum atomic E-state index is 0. The normalized spacial score (nSPS) is 21.5. The van der Waals surface area contributed by atoms with Crippen LogP contribution in [0.4, 0.5) is 5.82 Å². The molecule has 176 valence electrons. The molecule has 0 saturated carbocycles. The maximum Gasteiger partial charge on any atom is 0.191 e. The highest BCUT2D eigenvalue weighted by atomic mass is 127. The molecular weight excluding hydrogens is 507 g/mol. The molecular formula is C22H39IN6O2. The van der Waals surface area contributed by atoms with Crippen LogP contribution in [-0.2, 0) is 16.0 Å². The molecule has 2 unspecified atom stereocenters. The molecule has 9 heteroatoms. The highest BCUT2D eigenvalue weighted by molar-refractivity contribution is 14.0. The fourth-order valence-corrected chi connectivity index (χ4v) is 4.07. The van der Waals surface area contributed by atoms with Crippen LogP contribution in [-0.4, -0.2) is 87.6 Å². The second kappa shape index (κ2) is 13.4. The average Bonchev–Trinajstić information content (AvgIpc) is 2.77. The maximum atomic E-state index is 5.64. The van der Waals surface area contributed by atoms with E-state index in [0.717, 1.165) is 64.3 Å². The summed E-state index contributed by atoms with van der Waals surface area (Å²) in [5.41, 5.74) is 1.19. The summed E-state index contributed by atoms with van der Waals surface area (Å²) in [6.07, 6.45) is 2.13. The van der Waals surface area contributed by atoms with Crippen LogP contribution in [0.5, 0.6) is 0 Å². The van der Waals surface area contributed by atoms with Gasteiger partial charge in [0, 0.05) is 58.6 Å². The van der Waals surface area contributed by atoms with Crippen LogP contribution in [0.15, 0.2) is 23.3 Å². The summed E-state index contributed by atoms with van der Waals surface area (Å²) in [6.45, 7) is 14.4. The van der Waals surface area contributed by atoms with Crippen LogP contribution in [0.3, 0.4) is 0 Å². The number of rotatable bonds is 7. The molecule has 2 fully saturated rings. The zero-order chi connectivity index (χ0) is 21.3. The molecule has 0 spiro atoms. The van der Waals surface area contributed by atoms with Crippen molar-refractivity contribution in [1.82, 2.24) is 20.5 Å². The molecule has 3 heterocycles. The molecule has 31 heavy (non-hydrogen) atoms. The van der Waals surface area contributed by atoms with E-state index < -0.39 is 0 Å². The first-order chi connectivity index (χ1) is 14.6. The van der Waals surface area contributed by atoms with E-state index >= 15 is 0 Å². The van der Waals surface area contributed by atoms with Crippen molar-refractivity contribution in [3.05, 3.63) is 23.9 Å². The van der Waals surface area contributed by atoms with Gasteiger partial charge in [-0.1, -0.05) is 13.8 Å². The van der Waals surface area contributed by atoms with E-state index in [0.29, 0.717) is 18.5 Å². The minimum Gasteiger partial charge on any atom is -0.379 e. The zero-order valence-electron chi connectivity index (χ0n) is 19.3. The Labute approximate surface area is 204 Å². The molecule has 2 atom stereocenters. The van der Waals surface area contributed by atoms with Gasteiger partial charge in [0.2, 0.25) is 0 Å². The largest absolute Gasteiger partial charge is 0.379 e. The number of aromatic nitrogens is 1. The summed E-state index contributed by atoms with van der Waals surface area (Å²) >= 11 is 0. The number of anilines is 1. The first kappa shape index (κ1) is 26.1. The Hall–Kier alpha value is -1.17. The van der Waals surface area contributed by atoms with Crippen molar-refractivity contribution in [3.8, 4) is 0 Å². The first-order valence-corrected chi connectivity index (χ1v) is 11.1. The molecule has 0 radical (unpaired) electrons. The summed E-state index contributed by atoms with van der Waals surface area (Å²) in [5, 5.41) is 6.96. The van der Waals surface area contributed by atoms with Gasteiger partial charge in [0.1, 0.15) is 5.82 Å². The lowest BCUT2D eigenvalue weighted by atomic mass is 10.0. The minimum absolute atomic E-state index is 0. The number of halogens is 1. The number of guanidine groups is 1. The number of nitrogens with one attached hydrogen (secondary N) is 2. The van der Waals surface area contributed by atoms with Gasteiger partial charge in [0.15, 0.2) is 5.96 Å². The van der Waals surface area contributed by atoms with Gasteiger partial charge in [0.05, 0.1) is 25.9 Å². The van der Waals surface area contributed by atoms with Gasteiger partial charge in [0.25, 0.3) is 0 Å². The van der Waals surface area contributed by atoms with Crippen molar-refractivity contribution in [2.45, 2.75) is 39.5 Å². The number of hydrogen-bond acceptors (Lipinski definition) is 6. The number of pyridine rings is 1. The van der Waals surface area contributed by atoms with Crippen LogP contribution >= 0.6 is 24.0 Å². The van der Waals surface area contributed by atoms with Crippen molar-refractivity contribution in [2.24, 2.45) is 10.9 Å². The van der Waals surface area contributed by atoms with Gasteiger partial charge in [-0.2, -0.15) is 0 Å². The summed E-state index contributed by atoms with van der Waals surface area (Å²) in [6, 6.07) is 4.67. The Balaban J connectivity index is 0.00000341. The van der Waals surface area contributed by atoms with E-state index in [1.54, 1.807) is 0 Å². The molecule has 8 nitrogen and oxygen atoms in total. The van der Waals surface area contributed by atoms with E-state index in [2.05, 4.69) is 63.3 Å². The van der Waals surface area contributed by atoms with E-state index in [4.69, 9.17) is 9.47 Å². The summed E-state index contributed by atoms with van der Waals surface area (Å²) in [7, 11) is 1.82. The van der Waals surface area contributed by atoms with E-state index in [1.165, 1.54) is 5.56 Å². The molecule has 2 aliphatic rings. The van der Waals surface area contributed by atoms with Crippen LogP contribution in [0.1, 0.15) is 26.3 Å². The quantitative estimate of drug-likeness (QED) is 0.308. The second-order valence-electron chi connectivity index (χ2n) is 8.42. The maximum absolute atomic E-state index is 5.64. The molecule has 1 aromatic heterocycles. The van der Waals surface area contributed by atoms with Gasteiger partial charge in [-0.05, 0) is 30.5 Å². The Bertz CT molecular complexity index is 684. The molecule has 1 aromatic rings. The zero-order valence-corrected chi connectivity index (χ0v) is 21.7. The highest BCUT2D eigenvalue weighted by Crippen LogP contribution is 2.16. The van der Waals surface area contributed by atoms with E-state index in [1.807, 2.05) is 13.2 Å². The number of aliphatic imine (C=N–C) groups is 1. The fourth-order valence-electron chi connectivity index (χ4n) is 4.07. The number of morpholine rings is 2. The van der Waals surface area contributed by atoms with Gasteiger partial charge >= 0.3 is 0 Å². The van der Waals surface area contributed by atoms with Gasteiger partial charge < -0.3 is 25.0 Å². The molecule has 2 aliphatic heterocycles. The lowest BCUT2D eigenvalue weighted by molar-refractivity contribution is 0.00752. The average molecular weight is 546 g/mol. The van der Waals surface area contributed by atoms with Crippen molar-refractivity contribution < 1.29 is 9.47 Å². The molecule has 2 saturated heterocycles. The molecule has 0 aliphatic carbocycles. The van der Waals surface area contributed by atoms with Gasteiger partial charge in [-0.3, -0.25) is 9.89 Å². The summed E-state index contributed by atoms with van der Waals surface area (Å²) in [4.78, 5) is 13.8. The third-order valence-corrected chi connectivity index (χ3v) is 5.82. The lowest BCUT2D eigenvalue weighted by Crippen LogP contribution is -2.52. The predicted octanol–water partition coefficient (Wildman–Crippen LogP) is 1.95. The lowest BCUT2D eigenvalue weighted by Gasteiger charge is -2.37. The van der Waals surface area contributed by atoms with E-state index in [-0.39, 0.29) is 30.1 Å². The molecule has 2 N–H and O–H groups in total. The van der Waals surface area contributed by atoms with Crippen LogP contribution in [0.2, 0.25) is 0 Å². The van der Waals surface area contributed by atoms with Crippen molar-refractivity contribution in [1.29, 1.82) is 0 Å². The van der Waals surface area contributed by atoms with Gasteiger partial charge in [-0.25, -0.2) is 4.98 Å². The smallest absolute Gasteiger partial charge is 0.191 e. The molecule has 0 bridgehead atoms. The number of ether oxygens (including phenoxy) is 2. The second-order valence-corrected chi connectivity index (χ2v) is 8.42. The van der Waals surface area contributed by atoms with Crippen LogP contribution in [0.25, 0.3) is 0 Å². The summed E-state index contributed by atoms with van der Waals surface area (Å²) < 4.78 is 11.2. The van der Waals surface area contributed by atoms with Gasteiger partial charge in [-0.15, -0.1) is 24.0 Å². The Morgan fingerprint density at radius 2 is 2.00 bits per heavy atom. The monoisotopic (exact) mass is 546 g/mol. The van der Waals surface area contributed by atoms with Crippen LogP contribution in [0, 0.1) is 5.92 Å². The van der Waals surface area contributed by atoms with Crippen molar-refractivity contribution >= 4 is 35.8 Å². The molecule has 0 aromatic carbocycles. The standard InChI is InChI=1S/C22H38N6O2.HI/c1-17(2)20(27-7-10-29-11-8-27)15-26-22(23-4)25-14-19-5-6-24-21(13-19)28-9-12-30-18(3)16-28;/h5-6,13,17-18,20H,7-12,14-16H2,1-4H3,(H2,23,25,26);1H.